The number of benzene rings is 1. The van der Waals surface area contributed by atoms with Crippen molar-refractivity contribution in [3.8, 4) is 0 Å². The minimum absolute atomic E-state index is 0.0214. The van der Waals surface area contributed by atoms with E-state index in [1.165, 1.54) is 0 Å². The van der Waals surface area contributed by atoms with E-state index in [9.17, 15) is 36.2 Å². The number of hydrogen-bond acceptors (Lipinski definition) is 4. The van der Waals surface area contributed by atoms with Crippen LogP contribution in [0.5, 0.6) is 0 Å². The van der Waals surface area contributed by atoms with Crippen LogP contribution < -0.4 is 0 Å². The molecule has 0 radical (unpaired) electrons. The van der Waals surface area contributed by atoms with Crippen molar-refractivity contribution in [2.75, 3.05) is 0 Å². The van der Waals surface area contributed by atoms with Crippen molar-refractivity contribution in [3.05, 3.63) is 40.7 Å². The molecule has 2 unspecified atom stereocenters. The zero-order valence-corrected chi connectivity index (χ0v) is 14.5. The standard InChI is InChI=1S/C16H16F6N4O2/c1-2-3-11(14(27)28)12(13-23-25-26-24-13)6-8-4-9(15(17,18)19)7-10(5-8)16(20,21)22/h4-5,7,11-12H,2-3,6H2,1H3,(H,27,28)(H,23,24,25,26). The molecule has 1 aromatic carbocycles. The molecule has 12 heteroatoms. The van der Waals surface area contributed by atoms with E-state index in [1.54, 1.807) is 6.92 Å². The van der Waals surface area contributed by atoms with Gasteiger partial charge in [0.2, 0.25) is 0 Å². The second-order valence-corrected chi connectivity index (χ2v) is 6.23. The van der Waals surface area contributed by atoms with Gasteiger partial charge in [-0.3, -0.25) is 4.79 Å². The first-order chi connectivity index (χ1) is 12.9. The molecule has 154 valence electrons. The molecule has 0 saturated carbocycles. The fraction of sp³-hybridized carbons (Fsp3) is 0.500. The van der Waals surface area contributed by atoms with Gasteiger partial charge in [-0.2, -0.15) is 31.6 Å². The molecule has 1 heterocycles. The zero-order chi connectivity index (χ0) is 21.1. The molecular weight excluding hydrogens is 394 g/mol. The Labute approximate surface area is 154 Å². The van der Waals surface area contributed by atoms with Gasteiger partial charge in [-0.25, -0.2) is 0 Å². The van der Waals surface area contributed by atoms with Crippen molar-refractivity contribution in [1.29, 1.82) is 0 Å². The van der Waals surface area contributed by atoms with Crippen LogP contribution in [0.15, 0.2) is 18.2 Å². The normalized spacial score (nSPS) is 14.7. The second kappa shape index (κ2) is 8.15. The number of hydrogen-bond donors (Lipinski definition) is 2. The van der Waals surface area contributed by atoms with E-state index in [1.807, 2.05) is 0 Å². The third-order valence-corrected chi connectivity index (χ3v) is 4.20. The van der Waals surface area contributed by atoms with Crippen LogP contribution >= 0.6 is 0 Å². The summed E-state index contributed by atoms with van der Waals surface area (Å²) in [5.41, 5.74) is -3.25. The summed E-state index contributed by atoms with van der Waals surface area (Å²) in [7, 11) is 0. The lowest BCUT2D eigenvalue weighted by Crippen LogP contribution is -2.25. The number of alkyl halides is 6. The molecule has 0 bridgehead atoms. The zero-order valence-electron chi connectivity index (χ0n) is 14.5. The van der Waals surface area contributed by atoms with E-state index < -0.39 is 47.7 Å². The number of aliphatic carboxylic acids is 1. The van der Waals surface area contributed by atoms with Crippen LogP contribution in [0.2, 0.25) is 0 Å². The first-order valence-electron chi connectivity index (χ1n) is 8.18. The summed E-state index contributed by atoms with van der Waals surface area (Å²) in [4.78, 5) is 11.6. The molecule has 1 aromatic heterocycles. The van der Waals surface area contributed by atoms with Crippen LogP contribution in [0.3, 0.4) is 0 Å². The number of aromatic amines is 1. The Balaban J connectivity index is 2.52. The van der Waals surface area contributed by atoms with Crippen LogP contribution in [0.1, 0.15) is 48.2 Å². The molecule has 0 saturated heterocycles. The highest BCUT2D eigenvalue weighted by Crippen LogP contribution is 2.38. The Morgan fingerprint density at radius 3 is 2.07 bits per heavy atom. The van der Waals surface area contributed by atoms with Crippen molar-refractivity contribution in [2.24, 2.45) is 5.92 Å². The maximum Gasteiger partial charge on any atom is 0.416 e. The van der Waals surface area contributed by atoms with Crippen molar-refractivity contribution < 1.29 is 36.2 Å². The summed E-state index contributed by atoms with van der Waals surface area (Å²) >= 11 is 0. The van der Waals surface area contributed by atoms with Crippen LogP contribution in [-0.4, -0.2) is 31.7 Å². The average molecular weight is 410 g/mol. The number of carboxylic acid groups (broad SMARTS) is 1. The highest BCUT2D eigenvalue weighted by atomic mass is 19.4. The summed E-state index contributed by atoms with van der Waals surface area (Å²) in [5, 5.41) is 22.3. The maximum absolute atomic E-state index is 13.1. The van der Waals surface area contributed by atoms with Gasteiger partial charge in [-0.15, -0.1) is 10.2 Å². The fourth-order valence-corrected chi connectivity index (χ4v) is 2.94. The predicted molar refractivity (Wildman–Crippen MR) is 83.1 cm³/mol. The van der Waals surface area contributed by atoms with Crippen molar-refractivity contribution >= 4 is 5.97 Å². The molecule has 0 fully saturated rings. The lowest BCUT2D eigenvalue weighted by atomic mass is 9.83. The minimum Gasteiger partial charge on any atom is -0.481 e. The molecule has 2 rings (SSSR count). The Bertz CT molecular complexity index is 772. The molecule has 0 amide bonds. The van der Waals surface area contributed by atoms with Crippen molar-refractivity contribution in [3.63, 3.8) is 0 Å². The van der Waals surface area contributed by atoms with E-state index in [-0.39, 0.29) is 23.9 Å². The molecule has 0 aliphatic carbocycles. The number of carboxylic acids is 1. The highest BCUT2D eigenvalue weighted by molar-refractivity contribution is 5.71. The highest BCUT2D eigenvalue weighted by Gasteiger charge is 2.38. The lowest BCUT2D eigenvalue weighted by molar-refractivity contribution is -0.144. The number of halogens is 6. The summed E-state index contributed by atoms with van der Waals surface area (Å²) in [6, 6.07) is 1.17. The van der Waals surface area contributed by atoms with Crippen molar-refractivity contribution in [1.82, 2.24) is 20.6 Å². The number of nitrogens with one attached hydrogen (secondary N) is 1. The van der Waals surface area contributed by atoms with Gasteiger partial charge in [0.25, 0.3) is 0 Å². The number of H-pyrrole nitrogens is 1. The second-order valence-electron chi connectivity index (χ2n) is 6.23. The smallest absolute Gasteiger partial charge is 0.416 e. The quantitative estimate of drug-likeness (QED) is 0.672. The number of nitrogens with zero attached hydrogens (tertiary/aromatic N) is 3. The largest absolute Gasteiger partial charge is 0.481 e. The number of tetrazole rings is 1. The van der Waals surface area contributed by atoms with E-state index in [0.29, 0.717) is 18.6 Å². The predicted octanol–water partition coefficient (Wildman–Crippen LogP) is 4.06. The average Bonchev–Trinajstić information content (AvgIpc) is 3.10. The van der Waals surface area contributed by atoms with Crippen LogP contribution in [0.4, 0.5) is 26.3 Å². The Kier molecular flexibility index (Phi) is 6.30. The van der Waals surface area contributed by atoms with Gasteiger partial charge in [-0.1, -0.05) is 18.6 Å². The molecule has 6 nitrogen and oxygen atoms in total. The fourth-order valence-electron chi connectivity index (χ4n) is 2.94. The molecule has 2 N–H and O–H groups in total. The summed E-state index contributed by atoms with van der Waals surface area (Å²) in [6.45, 7) is 1.70. The molecular formula is C16H16F6N4O2. The van der Waals surface area contributed by atoms with Crippen LogP contribution in [0, 0.1) is 5.92 Å². The van der Waals surface area contributed by atoms with E-state index >= 15 is 0 Å². The van der Waals surface area contributed by atoms with Gasteiger partial charge in [0.1, 0.15) is 0 Å². The molecule has 2 aromatic rings. The van der Waals surface area contributed by atoms with Gasteiger partial charge < -0.3 is 5.11 Å². The van der Waals surface area contributed by atoms with Crippen LogP contribution in [0.25, 0.3) is 0 Å². The number of rotatable bonds is 7. The summed E-state index contributed by atoms with van der Waals surface area (Å²) in [6.07, 6.45) is -9.84. The van der Waals surface area contributed by atoms with E-state index in [4.69, 9.17) is 0 Å². The van der Waals surface area contributed by atoms with Crippen molar-refractivity contribution in [2.45, 2.75) is 44.5 Å². The number of carbonyl (C=O) groups is 1. The van der Waals surface area contributed by atoms with Gasteiger partial charge in [0.15, 0.2) is 5.82 Å². The SMILES string of the molecule is CCCC(C(=O)O)C(Cc1cc(C(F)(F)F)cc(C(F)(F)F)c1)c1nn[nH]n1. The number of aromatic nitrogens is 4. The van der Waals surface area contributed by atoms with Crippen LogP contribution in [-0.2, 0) is 23.6 Å². The minimum atomic E-state index is -4.99. The van der Waals surface area contributed by atoms with Gasteiger partial charge in [0.05, 0.1) is 17.0 Å². The summed E-state index contributed by atoms with van der Waals surface area (Å²) < 4.78 is 78.3. The first-order valence-corrected chi connectivity index (χ1v) is 8.18. The first kappa shape index (κ1) is 21.6. The van der Waals surface area contributed by atoms with Gasteiger partial charge in [-0.05, 0) is 36.6 Å². The van der Waals surface area contributed by atoms with E-state index in [0.717, 1.165) is 0 Å². The molecule has 2 atom stereocenters. The molecule has 28 heavy (non-hydrogen) atoms. The topological polar surface area (TPSA) is 91.8 Å². The lowest BCUT2D eigenvalue weighted by Gasteiger charge is -2.22. The third kappa shape index (κ3) is 5.20. The molecule has 0 aliphatic rings. The third-order valence-electron chi connectivity index (χ3n) is 4.20. The molecule has 0 spiro atoms. The maximum atomic E-state index is 13.1. The van der Waals surface area contributed by atoms with Gasteiger partial charge in [0, 0.05) is 5.92 Å². The Hall–Kier alpha value is -2.66. The van der Waals surface area contributed by atoms with Gasteiger partial charge >= 0.3 is 18.3 Å². The Morgan fingerprint density at radius 2 is 1.68 bits per heavy atom. The Morgan fingerprint density at radius 1 is 1.11 bits per heavy atom. The monoisotopic (exact) mass is 410 g/mol. The van der Waals surface area contributed by atoms with E-state index in [2.05, 4.69) is 20.6 Å². The summed E-state index contributed by atoms with van der Waals surface area (Å²) in [5.74, 6) is -3.50. The molecule has 0 aliphatic heterocycles.